The second-order valence-corrected chi connectivity index (χ2v) is 15.5. The topological polar surface area (TPSA) is 102 Å². The van der Waals surface area contributed by atoms with Crippen molar-refractivity contribution in [2.45, 2.75) is 180 Å². The van der Waals surface area contributed by atoms with E-state index in [-0.39, 0.29) is 42.7 Å². The van der Waals surface area contributed by atoms with Gasteiger partial charge in [0.1, 0.15) is 12.6 Å². The lowest BCUT2D eigenvalue weighted by Gasteiger charge is -2.34. The summed E-state index contributed by atoms with van der Waals surface area (Å²) >= 11 is 0. The summed E-state index contributed by atoms with van der Waals surface area (Å²) in [5, 5.41) is 11.6. The van der Waals surface area contributed by atoms with Gasteiger partial charge in [0.2, 0.25) is 0 Å². The number of aliphatic carboxylic acids is 1. The zero-order chi connectivity index (χ0) is 40.7. The van der Waals surface area contributed by atoms with Crippen molar-refractivity contribution in [2.24, 2.45) is 0 Å². The number of unbranched alkanes of at least 4 members (excludes halogenated alkanes) is 14. The summed E-state index contributed by atoms with van der Waals surface area (Å²) in [6.07, 6.45) is 45.2. The van der Waals surface area contributed by atoms with Crippen LogP contribution in [0.25, 0.3) is 0 Å². The Morgan fingerprint density at radius 2 is 1.02 bits per heavy atom. The van der Waals surface area contributed by atoms with E-state index in [1.54, 1.807) is 21.1 Å². The molecule has 2 unspecified atom stereocenters. The molecule has 0 aliphatic rings. The molecule has 0 saturated carbocycles. The molecule has 0 bridgehead atoms. The maximum absolute atomic E-state index is 12.7. The van der Waals surface area contributed by atoms with E-state index < -0.39 is 18.1 Å². The molecule has 0 aliphatic heterocycles. The number of quaternary nitrogens is 1. The average molecular weight is 772 g/mol. The Balaban J connectivity index is 4.40. The Hall–Kier alpha value is -2.97. The summed E-state index contributed by atoms with van der Waals surface area (Å²) in [6, 6.07) is -0.732. The van der Waals surface area contributed by atoms with Crippen LogP contribution in [0.5, 0.6) is 0 Å². The van der Waals surface area contributed by atoms with Gasteiger partial charge in [-0.1, -0.05) is 132 Å². The molecule has 8 heteroatoms. The van der Waals surface area contributed by atoms with Crippen LogP contribution >= 0.6 is 0 Å². The lowest BCUT2D eigenvalue weighted by atomic mass is 10.1. The van der Waals surface area contributed by atoms with Crippen LogP contribution in [0, 0.1) is 0 Å². The third-order valence-electron chi connectivity index (χ3n) is 9.39. The second-order valence-electron chi connectivity index (χ2n) is 15.5. The molecule has 0 aromatic rings. The number of rotatable bonds is 38. The number of carboxylic acids is 1. The van der Waals surface area contributed by atoms with Crippen LogP contribution in [0.2, 0.25) is 0 Å². The van der Waals surface area contributed by atoms with Gasteiger partial charge in [0, 0.05) is 19.3 Å². The fraction of sp³-hybridized carbons (Fsp3) is 0.723. The molecular formula is C47H81NO7. The quantitative estimate of drug-likeness (QED) is 0.0266. The molecule has 0 rings (SSSR count). The van der Waals surface area contributed by atoms with Crippen molar-refractivity contribution in [1.29, 1.82) is 0 Å². The highest BCUT2D eigenvalue weighted by molar-refractivity contribution is 5.70. The first-order valence-corrected chi connectivity index (χ1v) is 21.8. The van der Waals surface area contributed by atoms with Crippen molar-refractivity contribution >= 4 is 17.9 Å². The molecular weight excluding hydrogens is 691 g/mol. The number of hydrogen-bond donors (Lipinski definition) is 0. The van der Waals surface area contributed by atoms with E-state index in [4.69, 9.17) is 14.2 Å². The molecule has 0 aromatic heterocycles. The predicted molar refractivity (Wildman–Crippen MR) is 226 cm³/mol. The number of likely N-dealkylation sites (N-methyl/N-ethyl adjacent to an activating group) is 1. The number of nitrogens with zero attached hydrogens (tertiary/aromatic N) is 1. The molecule has 0 radical (unpaired) electrons. The number of allylic oxidation sites excluding steroid dienone is 10. The standard InChI is InChI=1S/C47H81NO7/c1-6-8-10-12-14-16-18-20-22-23-24-26-28-30-32-34-36-38-46(50)55-43(41-53-40-39-44(47(51)52)48(3,4)5)42-54-45(49)37-35-33-31-29-27-25-21-19-17-15-13-11-9-7-2/h9,11,14-17,20-22,25,43-44H,6-8,10,12-13,18-19,23-24,26-42H2,1-5H3/b11-9+,16-14+,17-15+,22-20+,25-21+. The van der Waals surface area contributed by atoms with Crippen molar-refractivity contribution in [3.63, 3.8) is 0 Å². The number of ether oxygens (including phenoxy) is 3. The summed E-state index contributed by atoms with van der Waals surface area (Å²) < 4.78 is 17.1. The highest BCUT2D eigenvalue weighted by Gasteiger charge is 2.25. The largest absolute Gasteiger partial charge is 0.544 e. The van der Waals surface area contributed by atoms with Gasteiger partial charge in [-0.3, -0.25) is 9.59 Å². The highest BCUT2D eigenvalue weighted by atomic mass is 16.6. The van der Waals surface area contributed by atoms with Crippen molar-refractivity contribution in [3.05, 3.63) is 60.8 Å². The van der Waals surface area contributed by atoms with Crippen molar-refractivity contribution in [3.8, 4) is 0 Å². The van der Waals surface area contributed by atoms with Crippen LogP contribution in [0.1, 0.15) is 168 Å². The van der Waals surface area contributed by atoms with Gasteiger partial charge in [-0.25, -0.2) is 0 Å². The van der Waals surface area contributed by atoms with E-state index in [9.17, 15) is 19.5 Å². The Bertz CT molecular complexity index is 1090. The van der Waals surface area contributed by atoms with Gasteiger partial charge in [-0.2, -0.15) is 0 Å². The van der Waals surface area contributed by atoms with Crippen molar-refractivity contribution < 1.29 is 38.2 Å². The van der Waals surface area contributed by atoms with E-state index in [2.05, 4.69) is 74.6 Å². The average Bonchev–Trinajstić information content (AvgIpc) is 3.14. The van der Waals surface area contributed by atoms with Gasteiger partial charge >= 0.3 is 11.9 Å². The minimum atomic E-state index is -1.13. The predicted octanol–water partition coefficient (Wildman–Crippen LogP) is 10.5. The number of hydrogen-bond acceptors (Lipinski definition) is 7. The van der Waals surface area contributed by atoms with Crippen molar-refractivity contribution in [2.75, 3.05) is 41.0 Å². The van der Waals surface area contributed by atoms with Gasteiger partial charge in [-0.05, 0) is 77.0 Å². The molecule has 0 aliphatic carbocycles. The lowest BCUT2D eigenvalue weighted by molar-refractivity contribution is -0.889. The number of carbonyl (C=O) groups is 3. The van der Waals surface area contributed by atoms with E-state index in [0.717, 1.165) is 89.9 Å². The van der Waals surface area contributed by atoms with Crippen molar-refractivity contribution in [1.82, 2.24) is 0 Å². The van der Waals surface area contributed by atoms with Gasteiger partial charge in [0.05, 0.1) is 40.3 Å². The van der Waals surface area contributed by atoms with E-state index in [0.29, 0.717) is 12.8 Å². The molecule has 55 heavy (non-hydrogen) atoms. The smallest absolute Gasteiger partial charge is 0.306 e. The molecule has 0 heterocycles. The summed E-state index contributed by atoms with van der Waals surface area (Å²) in [6.45, 7) is 4.48. The first-order chi connectivity index (χ1) is 26.6. The molecule has 0 fully saturated rings. The molecule has 0 aromatic carbocycles. The van der Waals surface area contributed by atoms with Crippen LogP contribution in [-0.4, -0.2) is 75.5 Å². The zero-order valence-corrected chi connectivity index (χ0v) is 35.8. The number of carboxylic acid groups (broad SMARTS) is 1. The summed E-state index contributed by atoms with van der Waals surface area (Å²) in [5.41, 5.74) is 0. The molecule has 2 atom stereocenters. The van der Waals surface area contributed by atoms with Crippen LogP contribution in [0.4, 0.5) is 0 Å². The maximum atomic E-state index is 12.7. The maximum Gasteiger partial charge on any atom is 0.306 e. The SMILES string of the molecule is CC/C=C/C/C=C/C/C=C/CCCCCCC(=O)OCC(COCCC(C(=O)[O-])[N+](C)(C)C)OC(=O)CCCCCCCCC/C=C/C/C=C/CCCCC. The van der Waals surface area contributed by atoms with E-state index >= 15 is 0 Å². The van der Waals surface area contributed by atoms with Gasteiger partial charge in [-0.15, -0.1) is 0 Å². The molecule has 8 nitrogen and oxygen atoms in total. The van der Waals surface area contributed by atoms with Crippen LogP contribution in [0.15, 0.2) is 60.8 Å². The first kappa shape index (κ1) is 52.0. The third-order valence-corrected chi connectivity index (χ3v) is 9.39. The Kier molecular flexibility index (Phi) is 35.9. The molecule has 0 saturated heterocycles. The summed E-state index contributed by atoms with van der Waals surface area (Å²) in [4.78, 5) is 36.8. The fourth-order valence-electron chi connectivity index (χ4n) is 6.00. The monoisotopic (exact) mass is 772 g/mol. The Morgan fingerprint density at radius 3 is 1.51 bits per heavy atom. The van der Waals surface area contributed by atoms with Gasteiger partial charge < -0.3 is 28.6 Å². The number of esters is 2. The summed E-state index contributed by atoms with van der Waals surface area (Å²) in [5.74, 6) is -1.78. The van der Waals surface area contributed by atoms with Gasteiger partial charge in [0.15, 0.2) is 6.10 Å². The fourth-order valence-corrected chi connectivity index (χ4v) is 6.00. The number of carbonyl (C=O) groups excluding carboxylic acids is 3. The Labute approximate surface area is 337 Å². The normalized spacial score (nSPS) is 13.5. The minimum Gasteiger partial charge on any atom is -0.544 e. The first-order valence-electron chi connectivity index (χ1n) is 21.8. The molecule has 0 amide bonds. The summed E-state index contributed by atoms with van der Waals surface area (Å²) in [7, 11) is 5.39. The van der Waals surface area contributed by atoms with Crippen LogP contribution < -0.4 is 5.11 Å². The Morgan fingerprint density at radius 1 is 0.564 bits per heavy atom. The third kappa shape index (κ3) is 36.4. The molecule has 0 N–H and O–H groups in total. The van der Waals surface area contributed by atoms with Crippen LogP contribution in [-0.2, 0) is 28.6 Å². The molecule has 0 spiro atoms. The lowest BCUT2D eigenvalue weighted by Crippen LogP contribution is -2.55. The molecule has 316 valence electrons. The van der Waals surface area contributed by atoms with E-state index in [1.165, 1.54) is 44.9 Å². The van der Waals surface area contributed by atoms with E-state index in [1.807, 2.05) is 0 Å². The minimum absolute atomic E-state index is 0.0279. The van der Waals surface area contributed by atoms with Gasteiger partial charge in [0.25, 0.3) is 0 Å². The zero-order valence-electron chi connectivity index (χ0n) is 35.8. The highest BCUT2D eigenvalue weighted by Crippen LogP contribution is 2.13. The second kappa shape index (κ2) is 37.9. The van der Waals surface area contributed by atoms with Crippen LogP contribution in [0.3, 0.4) is 0 Å².